The van der Waals surface area contributed by atoms with Crippen LogP contribution in [-0.2, 0) is 9.59 Å². The van der Waals surface area contributed by atoms with Crippen molar-refractivity contribution in [1.29, 1.82) is 0 Å². The average Bonchev–Trinajstić information content (AvgIpc) is 2.48. The van der Waals surface area contributed by atoms with Gasteiger partial charge in [0.25, 0.3) is 5.91 Å². The number of likely N-dealkylation sites (tertiary alicyclic amines) is 1. The van der Waals surface area contributed by atoms with Gasteiger partial charge in [-0.1, -0.05) is 11.6 Å². The van der Waals surface area contributed by atoms with E-state index in [-0.39, 0.29) is 31.0 Å². The molecule has 126 valence electrons. The zero-order valence-corrected chi connectivity index (χ0v) is 14.9. The topological polar surface area (TPSA) is 84.7 Å². The van der Waals surface area contributed by atoms with Crippen molar-refractivity contribution in [2.75, 3.05) is 26.2 Å². The quantitative estimate of drug-likeness (QED) is 0.753. The molecule has 0 unspecified atom stereocenters. The van der Waals surface area contributed by atoms with Crippen LogP contribution in [-0.4, -0.2) is 49.0 Å². The summed E-state index contributed by atoms with van der Waals surface area (Å²) < 4.78 is 6.19. The van der Waals surface area contributed by atoms with Gasteiger partial charge in [0, 0.05) is 24.2 Å². The highest BCUT2D eigenvalue weighted by Crippen LogP contribution is 2.27. The van der Waals surface area contributed by atoms with Gasteiger partial charge in [0.05, 0.1) is 11.0 Å². The molecule has 2 rings (SSSR count). The van der Waals surface area contributed by atoms with Crippen LogP contribution in [0.4, 0.5) is 0 Å². The number of carbonyl (C=O) groups is 2. The maximum absolute atomic E-state index is 12.0. The van der Waals surface area contributed by atoms with Crippen LogP contribution in [0.25, 0.3) is 0 Å². The summed E-state index contributed by atoms with van der Waals surface area (Å²) in [5.74, 6) is 0.0791. The molecule has 1 fully saturated rings. The molecule has 23 heavy (non-hydrogen) atoms. The van der Waals surface area contributed by atoms with Gasteiger partial charge in [0.2, 0.25) is 5.91 Å². The molecule has 0 spiro atoms. The fourth-order valence-electron chi connectivity index (χ4n) is 2.46. The number of piperidine rings is 1. The Labute approximate surface area is 148 Å². The fraction of sp³-hybridized carbons (Fsp3) is 0.467. The van der Waals surface area contributed by atoms with Gasteiger partial charge in [-0.15, -0.1) is 0 Å². The van der Waals surface area contributed by atoms with Gasteiger partial charge in [-0.3, -0.25) is 14.5 Å². The Hall–Kier alpha value is -1.31. The SMILES string of the molecule is NC(=O)CN1CCC(NC(=O)COc2ccc(Cl)cc2Br)CC1. The molecule has 1 aromatic rings. The summed E-state index contributed by atoms with van der Waals surface area (Å²) in [6.07, 6.45) is 1.59. The van der Waals surface area contributed by atoms with E-state index in [2.05, 4.69) is 21.2 Å². The highest BCUT2D eigenvalue weighted by Gasteiger charge is 2.21. The Morgan fingerprint density at radius 2 is 2.09 bits per heavy atom. The molecule has 1 aliphatic heterocycles. The van der Waals surface area contributed by atoms with Crippen LogP contribution in [0.3, 0.4) is 0 Å². The molecule has 0 aromatic heterocycles. The van der Waals surface area contributed by atoms with E-state index in [1.165, 1.54) is 0 Å². The van der Waals surface area contributed by atoms with Crippen molar-refractivity contribution in [3.05, 3.63) is 27.7 Å². The number of amides is 2. The molecule has 6 nitrogen and oxygen atoms in total. The largest absolute Gasteiger partial charge is 0.483 e. The molecule has 0 atom stereocenters. The number of carbonyl (C=O) groups excluding carboxylic acids is 2. The third kappa shape index (κ3) is 6.01. The van der Waals surface area contributed by atoms with Gasteiger partial charge in [0.1, 0.15) is 5.75 Å². The van der Waals surface area contributed by atoms with Crippen LogP contribution in [0.15, 0.2) is 22.7 Å². The van der Waals surface area contributed by atoms with Crippen LogP contribution < -0.4 is 15.8 Å². The molecule has 1 aliphatic rings. The second kappa shape index (κ2) is 8.52. The lowest BCUT2D eigenvalue weighted by atomic mass is 10.1. The summed E-state index contributed by atoms with van der Waals surface area (Å²) in [6, 6.07) is 5.23. The molecule has 0 aliphatic carbocycles. The maximum atomic E-state index is 12.0. The highest BCUT2D eigenvalue weighted by atomic mass is 79.9. The zero-order chi connectivity index (χ0) is 16.8. The first kappa shape index (κ1) is 18.0. The lowest BCUT2D eigenvalue weighted by Crippen LogP contribution is -2.47. The predicted molar refractivity (Wildman–Crippen MR) is 91.4 cm³/mol. The average molecular weight is 405 g/mol. The predicted octanol–water partition coefficient (Wildman–Crippen LogP) is 1.55. The van der Waals surface area contributed by atoms with Crippen molar-refractivity contribution in [2.24, 2.45) is 5.73 Å². The molecule has 8 heteroatoms. The van der Waals surface area contributed by atoms with Crippen molar-refractivity contribution < 1.29 is 14.3 Å². The molecular weight excluding hydrogens is 386 g/mol. The zero-order valence-electron chi connectivity index (χ0n) is 12.6. The second-order valence-electron chi connectivity index (χ2n) is 5.45. The number of rotatable bonds is 6. The summed E-state index contributed by atoms with van der Waals surface area (Å²) in [4.78, 5) is 24.8. The van der Waals surface area contributed by atoms with E-state index in [0.717, 1.165) is 25.9 Å². The summed E-state index contributed by atoms with van der Waals surface area (Å²) >= 11 is 9.19. The number of nitrogens with one attached hydrogen (secondary N) is 1. The minimum atomic E-state index is -0.325. The van der Waals surface area contributed by atoms with E-state index in [0.29, 0.717) is 15.2 Å². The van der Waals surface area contributed by atoms with Crippen LogP contribution in [0.2, 0.25) is 5.02 Å². The van der Waals surface area contributed by atoms with Crippen molar-refractivity contribution in [2.45, 2.75) is 18.9 Å². The number of nitrogens with zero attached hydrogens (tertiary/aromatic N) is 1. The highest BCUT2D eigenvalue weighted by molar-refractivity contribution is 9.10. The molecule has 0 radical (unpaired) electrons. The minimum absolute atomic E-state index is 0.0538. The van der Waals surface area contributed by atoms with Crippen LogP contribution in [0, 0.1) is 0 Å². The van der Waals surface area contributed by atoms with E-state index in [1.807, 2.05) is 4.90 Å². The first-order chi connectivity index (χ1) is 10.9. The monoisotopic (exact) mass is 403 g/mol. The van der Waals surface area contributed by atoms with Gasteiger partial charge in [-0.2, -0.15) is 0 Å². The first-order valence-electron chi connectivity index (χ1n) is 7.32. The Balaban J connectivity index is 1.72. The smallest absolute Gasteiger partial charge is 0.258 e. The van der Waals surface area contributed by atoms with E-state index in [9.17, 15) is 9.59 Å². The first-order valence-corrected chi connectivity index (χ1v) is 8.49. The lowest BCUT2D eigenvalue weighted by Gasteiger charge is -2.31. The van der Waals surface area contributed by atoms with Crippen LogP contribution in [0.1, 0.15) is 12.8 Å². The summed E-state index contributed by atoms with van der Waals surface area (Å²) in [5, 5.41) is 3.54. The standard InChI is InChI=1S/C15H19BrClN3O3/c16-12-7-10(17)1-2-13(12)23-9-15(22)19-11-3-5-20(6-4-11)8-14(18)21/h1-2,7,11H,3-6,8-9H2,(H2,18,21)(H,19,22). The summed E-state index contributed by atoms with van der Waals surface area (Å²) in [5.41, 5.74) is 5.18. The number of nitrogens with two attached hydrogens (primary N) is 1. The van der Waals surface area contributed by atoms with Gasteiger partial charge >= 0.3 is 0 Å². The van der Waals surface area contributed by atoms with Crippen LogP contribution in [0.5, 0.6) is 5.75 Å². The van der Waals surface area contributed by atoms with Gasteiger partial charge < -0.3 is 15.8 Å². The number of halogens is 2. The third-order valence-electron chi connectivity index (χ3n) is 3.58. The number of hydrogen-bond acceptors (Lipinski definition) is 4. The normalized spacial score (nSPS) is 16.1. The Kier molecular flexibility index (Phi) is 6.68. The third-order valence-corrected chi connectivity index (χ3v) is 4.44. The van der Waals surface area contributed by atoms with Gasteiger partial charge in [-0.05, 0) is 47.0 Å². The molecule has 3 N–H and O–H groups in total. The Morgan fingerprint density at radius 1 is 1.39 bits per heavy atom. The molecule has 0 bridgehead atoms. The lowest BCUT2D eigenvalue weighted by molar-refractivity contribution is -0.124. The second-order valence-corrected chi connectivity index (χ2v) is 6.74. The van der Waals surface area contributed by atoms with Gasteiger partial charge in [-0.25, -0.2) is 0 Å². The molecule has 1 heterocycles. The summed E-state index contributed by atoms with van der Waals surface area (Å²) in [7, 11) is 0. The number of primary amides is 1. The van der Waals surface area contributed by atoms with E-state index in [4.69, 9.17) is 22.1 Å². The molecular formula is C15H19BrClN3O3. The fourth-order valence-corrected chi connectivity index (χ4v) is 3.26. The molecule has 1 aromatic carbocycles. The molecule has 1 saturated heterocycles. The van der Waals surface area contributed by atoms with Crippen molar-refractivity contribution in [3.8, 4) is 5.75 Å². The minimum Gasteiger partial charge on any atom is -0.483 e. The number of ether oxygens (including phenoxy) is 1. The van der Waals surface area contributed by atoms with Crippen LogP contribution >= 0.6 is 27.5 Å². The van der Waals surface area contributed by atoms with Crippen molar-refractivity contribution in [3.63, 3.8) is 0 Å². The van der Waals surface area contributed by atoms with Crippen molar-refractivity contribution in [1.82, 2.24) is 10.2 Å². The van der Waals surface area contributed by atoms with Crippen molar-refractivity contribution >= 4 is 39.3 Å². The maximum Gasteiger partial charge on any atom is 0.258 e. The van der Waals surface area contributed by atoms with E-state index < -0.39 is 0 Å². The van der Waals surface area contributed by atoms with Gasteiger partial charge in [0.15, 0.2) is 6.61 Å². The number of hydrogen-bond donors (Lipinski definition) is 2. The molecule has 2 amide bonds. The Bertz CT molecular complexity index is 577. The van der Waals surface area contributed by atoms with E-state index in [1.54, 1.807) is 18.2 Å². The summed E-state index contributed by atoms with van der Waals surface area (Å²) in [6.45, 7) is 1.71. The molecule has 0 saturated carbocycles. The number of benzene rings is 1. The Morgan fingerprint density at radius 3 is 2.70 bits per heavy atom. The van der Waals surface area contributed by atoms with E-state index >= 15 is 0 Å².